The molecule has 0 aliphatic heterocycles. The third-order valence-electron chi connectivity index (χ3n) is 1.62. The van der Waals surface area contributed by atoms with Gasteiger partial charge in [0.1, 0.15) is 12.0 Å². The van der Waals surface area contributed by atoms with E-state index < -0.39 is 0 Å². The van der Waals surface area contributed by atoms with E-state index >= 15 is 0 Å². The SMILES string of the molecule is O=CCc1cnc(-c2ccc(Br)o2)o1. The zero-order chi connectivity index (χ0) is 9.97. The van der Waals surface area contributed by atoms with Crippen molar-refractivity contribution in [2.75, 3.05) is 0 Å². The summed E-state index contributed by atoms with van der Waals surface area (Å²) in [6.45, 7) is 0. The number of halogens is 1. The predicted octanol–water partition coefficient (Wildman–Crippen LogP) is 2.44. The summed E-state index contributed by atoms with van der Waals surface area (Å²) in [6.07, 6.45) is 2.51. The third-order valence-corrected chi connectivity index (χ3v) is 2.05. The van der Waals surface area contributed by atoms with Crippen molar-refractivity contribution in [2.24, 2.45) is 0 Å². The maximum absolute atomic E-state index is 10.2. The Hall–Kier alpha value is -1.36. The topological polar surface area (TPSA) is 56.2 Å². The van der Waals surface area contributed by atoms with Crippen LogP contribution in [0.25, 0.3) is 11.7 Å². The van der Waals surface area contributed by atoms with Crippen molar-refractivity contribution in [1.82, 2.24) is 4.98 Å². The largest absolute Gasteiger partial charge is 0.444 e. The maximum Gasteiger partial charge on any atom is 0.263 e. The van der Waals surface area contributed by atoms with Crippen LogP contribution in [0.15, 0.2) is 31.8 Å². The van der Waals surface area contributed by atoms with Crippen molar-refractivity contribution in [2.45, 2.75) is 6.42 Å². The lowest BCUT2D eigenvalue weighted by Gasteiger charge is -1.87. The van der Waals surface area contributed by atoms with E-state index in [2.05, 4.69) is 20.9 Å². The molecule has 0 saturated carbocycles. The summed E-state index contributed by atoms with van der Waals surface area (Å²) in [5.41, 5.74) is 0. The molecule has 2 aromatic rings. The van der Waals surface area contributed by atoms with Gasteiger partial charge in [-0.25, -0.2) is 4.98 Å². The number of hydrogen-bond acceptors (Lipinski definition) is 4. The van der Waals surface area contributed by atoms with Crippen LogP contribution >= 0.6 is 15.9 Å². The lowest BCUT2D eigenvalue weighted by Crippen LogP contribution is -1.79. The van der Waals surface area contributed by atoms with Gasteiger partial charge in [0, 0.05) is 0 Å². The number of furan rings is 1. The summed E-state index contributed by atoms with van der Waals surface area (Å²) in [7, 11) is 0. The van der Waals surface area contributed by atoms with Gasteiger partial charge in [-0.05, 0) is 28.1 Å². The van der Waals surface area contributed by atoms with E-state index in [9.17, 15) is 4.79 Å². The summed E-state index contributed by atoms with van der Waals surface area (Å²) in [4.78, 5) is 14.2. The van der Waals surface area contributed by atoms with E-state index in [4.69, 9.17) is 8.83 Å². The molecule has 0 atom stereocenters. The number of hydrogen-bond donors (Lipinski definition) is 0. The van der Waals surface area contributed by atoms with Gasteiger partial charge in [0.25, 0.3) is 5.89 Å². The van der Waals surface area contributed by atoms with E-state index in [0.29, 0.717) is 22.1 Å². The molecule has 0 aromatic carbocycles. The Morgan fingerprint density at radius 2 is 2.29 bits per heavy atom. The normalized spacial score (nSPS) is 10.4. The standard InChI is InChI=1S/C9H6BrNO3/c10-8-2-1-7(14-8)9-11-5-6(13-9)3-4-12/h1-2,4-5H,3H2. The van der Waals surface area contributed by atoms with Gasteiger partial charge in [-0.15, -0.1) is 0 Å². The minimum absolute atomic E-state index is 0.231. The molecule has 0 fully saturated rings. The van der Waals surface area contributed by atoms with Crippen LogP contribution in [0.2, 0.25) is 0 Å². The molecular formula is C9H6BrNO3. The highest BCUT2D eigenvalue weighted by atomic mass is 79.9. The summed E-state index contributed by atoms with van der Waals surface area (Å²) >= 11 is 3.17. The minimum atomic E-state index is 0.231. The molecule has 72 valence electrons. The van der Waals surface area contributed by atoms with Crippen molar-refractivity contribution in [3.05, 3.63) is 28.8 Å². The average molecular weight is 256 g/mol. The summed E-state index contributed by atoms with van der Waals surface area (Å²) < 4.78 is 11.1. The Morgan fingerprint density at radius 1 is 1.43 bits per heavy atom. The molecule has 4 nitrogen and oxygen atoms in total. The van der Waals surface area contributed by atoms with Gasteiger partial charge in [0.05, 0.1) is 12.6 Å². The van der Waals surface area contributed by atoms with Gasteiger partial charge < -0.3 is 13.6 Å². The Balaban J connectivity index is 2.28. The van der Waals surface area contributed by atoms with Crippen LogP contribution in [-0.4, -0.2) is 11.3 Å². The fourth-order valence-electron chi connectivity index (χ4n) is 1.03. The molecule has 0 spiro atoms. The molecule has 0 bridgehead atoms. The number of rotatable bonds is 3. The Bertz CT molecular complexity index is 446. The van der Waals surface area contributed by atoms with Crippen molar-refractivity contribution >= 4 is 22.2 Å². The molecule has 2 heterocycles. The molecule has 0 N–H and O–H groups in total. The number of nitrogens with zero attached hydrogens (tertiary/aromatic N) is 1. The number of aldehydes is 1. The molecule has 0 aliphatic carbocycles. The highest BCUT2D eigenvalue weighted by Gasteiger charge is 2.09. The van der Waals surface area contributed by atoms with Gasteiger partial charge >= 0.3 is 0 Å². The number of oxazole rings is 1. The smallest absolute Gasteiger partial charge is 0.263 e. The summed E-state index contributed by atoms with van der Waals surface area (Å²) in [6, 6.07) is 3.49. The zero-order valence-electron chi connectivity index (χ0n) is 7.07. The summed E-state index contributed by atoms with van der Waals surface area (Å²) in [5, 5.41) is 0. The highest BCUT2D eigenvalue weighted by molar-refractivity contribution is 9.10. The molecule has 0 radical (unpaired) electrons. The molecule has 0 unspecified atom stereocenters. The van der Waals surface area contributed by atoms with Gasteiger partial charge in [0.15, 0.2) is 10.4 Å². The van der Waals surface area contributed by atoms with Gasteiger partial charge in [-0.2, -0.15) is 0 Å². The van der Waals surface area contributed by atoms with Crippen molar-refractivity contribution in [3.63, 3.8) is 0 Å². The first kappa shape index (κ1) is 9.21. The lowest BCUT2D eigenvalue weighted by atomic mass is 10.4. The van der Waals surface area contributed by atoms with Crippen molar-refractivity contribution in [3.8, 4) is 11.7 Å². The average Bonchev–Trinajstić information content (AvgIpc) is 2.74. The second kappa shape index (κ2) is 3.79. The quantitative estimate of drug-likeness (QED) is 0.791. The summed E-state index contributed by atoms with van der Waals surface area (Å²) in [5.74, 6) is 1.45. The van der Waals surface area contributed by atoms with E-state index in [1.807, 2.05) is 0 Å². The highest BCUT2D eigenvalue weighted by Crippen LogP contribution is 2.24. The lowest BCUT2D eigenvalue weighted by molar-refractivity contribution is -0.107. The first-order chi connectivity index (χ1) is 6.79. The van der Waals surface area contributed by atoms with Crippen LogP contribution in [0.3, 0.4) is 0 Å². The van der Waals surface area contributed by atoms with E-state index in [0.717, 1.165) is 6.29 Å². The van der Waals surface area contributed by atoms with Crippen molar-refractivity contribution in [1.29, 1.82) is 0 Å². The monoisotopic (exact) mass is 255 g/mol. The van der Waals surface area contributed by atoms with Crippen LogP contribution in [0.1, 0.15) is 5.76 Å². The minimum Gasteiger partial charge on any atom is -0.444 e. The fraction of sp³-hybridized carbons (Fsp3) is 0.111. The van der Waals surface area contributed by atoms with Crippen LogP contribution in [0.4, 0.5) is 0 Å². The van der Waals surface area contributed by atoms with E-state index in [1.165, 1.54) is 6.20 Å². The number of carbonyl (C=O) groups is 1. The molecule has 0 amide bonds. The van der Waals surface area contributed by atoms with Crippen molar-refractivity contribution < 1.29 is 13.6 Å². The number of aromatic nitrogens is 1. The molecular weight excluding hydrogens is 250 g/mol. The van der Waals surface area contributed by atoms with Crippen LogP contribution < -0.4 is 0 Å². The molecule has 14 heavy (non-hydrogen) atoms. The molecule has 5 heteroatoms. The van der Waals surface area contributed by atoms with Crippen LogP contribution in [-0.2, 0) is 11.2 Å². The molecule has 0 aliphatic rings. The molecule has 0 saturated heterocycles. The fourth-order valence-corrected chi connectivity index (χ4v) is 1.33. The zero-order valence-corrected chi connectivity index (χ0v) is 8.65. The van der Waals surface area contributed by atoms with Gasteiger partial charge in [-0.3, -0.25) is 0 Å². The third kappa shape index (κ3) is 1.77. The predicted molar refractivity (Wildman–Crippen MR) is 51.7 cm³/mol. The first-order valence-corrected chi connectivity index (χ1v) is 4.73. The van der Waals surface area contributed by atoms with Crippen LogP contribution in [0.5, 0.6) is 0 Å². The van der Waals surface area contributed by atoms with E-state index in [1.54, 1.807) is 12.1 Å². The second-order valence-electron chi connectivity index (χ2n) is 2.61. The van der Waals surface area contributed by atoms with Gasteiger partial charge in [0.2, 0.25) is 0 Å². The number of carbonyl (C=O) groups excluding carboxylic acids is 1. The Kier molecular flexibility index (Phi) is 2.49. The Labute approximate surface area is 88.1 Å². The molecule has 2 aromatic heterocycles. The maximum atomic E-state index is 10.2. The van der Waals surface area contributed by atoms with E-state index in [-0.39, 0.29) is 6.42 Å². The van der Waals surface area contributed by atoms with Gasteiger partial charge in [-0.1, -0.05) is 0 Å². The second-order valence-corrected chi connectivity index (χ2v) is 3.39. The Morgan fingerprint density at radius 3 is 2.93 bits per heavy atom. The van der Waals surface area contributed by atoms with Crippen LogP contribution in [0, 0.1) is 0 Å². The molecule has 2 rings (SSSR count). The first-order valence-electron chi connectivity index (χ1n) is 3.93.